The Labute approximate surface area is 148 Å². The molecule has 0 spiro atoms. The van der Waals surface area contributed by atoms with E-state index in [-0.39, 0.29) is 5.02 Å². The van der Waals surface area contributed by atoms with Crippen molar-refractivity contribution < 1.29 is 14.6 Å². The number of rotatable bonds is 3. The molecule has 2 aromatic carbocycles. The standard InChI is InChI=1S/C19H15ClFNO3/c1-11(23)17-9-18(24)19(25)10-22(17)14-4-2-3-12(7-14)13-5-6-15(20)16(21)8-13/h2-11,23,25H,1H3. The van der Waals surface area contributed by atoms with Gasteiger partial charge in [-0.15, -0.1) is 0 Å². The third-order valence-corrected chi connectivity index (χ3v) is 4.17. The van der Waals surface area contributed by atoms with Crippen molar-refractivity contribution in [3.63, 3.8) is 0 Å². The molecular formula is C19H15ClFNO3. The van der Waals surface area contributed by atoms with Crippen LogP contribution in [-0.2, 0) is 0 Å². The van der Waals surface area contributed by atoms with Crippen LogP contribution < -0.4 is 5.43 Å². The second-order valence-corrected chi connectivity index (χ2v) is 6.08. The Kier molecular flexibility index (Phi) is 4.61. The van der Waals surface area contributed by atoms with Gasteiger partial charge >= 0.3 is 0 Å². The Hall–Kier alpha value is -2.63. The average molecular weight is 360 g/mol. The van der Waals surface area contributed by atoms with E-state index in [1.807, 2.05) is 0 Å². The molecule has 1 unspecified atom stereocenters. The molecule has 6 heteroatoms. The van der Waals surface area contributed by atoms with Crippen molar-refractivity contribution in [1.29, 1.82) is 0 Å². The Morgan fingerprint density at radius 3 is 2.52 bits per heavy atom. The predicted octanol–water partition coefficient (Wildman–Crippen LogP) is 4.06. The highest BCUT2D eigenvalue weighted by Crippen LogP contribution is 2.27. The quantitative estimate of drug-likeness (QED) is 0.741. The van der Waals surface area contributed by atoms with E-state index in [9.17, 15) is 19.4 Å². The molecule has 0 saturated heterocycles. The zero-order valence-corrected chi connectivity index (χ0v) is 14.0. The molecule has 1 atom stereocenters. The fraction of sp³-hybridized carbons (Fsp3) is 0.105. The van der Waals surface area contributed by atoms with E-state index in [4.69, 9.17) is 11.6 Å². The van der Waals surface area contributed by atoms with E-state index in [0.717, 1.165) is 5.56 Å². The highest BCUT2D eigenvalue weighted by Gasteiger charge is 2.13. The van der Waals surface area contributed by atoms with E-state index in [1.54, 1.807) is 30.3 Å². The maximum absolute atomic E-state index is 13.7. The maximum atomic E-state index is 13.7. The summed E-state index contributed by atoms with van der Waals surface area (Å²) in [7, 11) is 0. The molecule has 4 nitrogen and oxygen atoms in total. The molecule has 0 aliphatic carbocycles. The lowest BCUT2D eigenvalue weighted by molar-refractivity contribution is 0.191. The first-order valence-corrected chi connectivity index (χ1v) is 7.94. The number of aliphatic hydroxyl groups excluding tert-OH is 1. The van der Waals surface area contributed by atoms with Crippen molar-refractivity contribution in [3.8, 4) is 22.6 Å². The van der Waals surface area contributed by atoms with Gasteiger partial charge in [-0.3, -0.25) is 4.79 Å². The monoisotopic (exact) mass is 359 g/mol. The minimum atomic E-state index is -0.912. The number of aromatic hydroxyl groups is 1. The molecule has 0 bridgehead atoms. The molecule has 0 amide bonds. The highest BCUT2D eigenvalue weighted by molar-refractivity contribution is 6.30. The van der Waals surface area contributed by atoms with E-state index >= 15 is 0 Å². The van der Waals surface area contributed by atoms with Crippen molar-refractivity contribution in [2.45, 2.75) is 13.0 Å². The Morgan fingerprint density at radius 2 is 1.84 bits per heavy atom. The van der Waals surface area contributed by atoms with Crippen LogP contribution >= 0.6 is 11.6 Å². The van der Waals surface area contributed by atoms with Crippen LogP contribution in [0.1, 0.15) is 18.7 Å². The molecule has 0 saturated carbocycles. The van der Waals surface area contributed by atoms with Crippen molar-refractivity contribution in [1.82, 2.24) is 4.57 Å². The number of benzene rings is 2. The lowest BCUT2D eigenvalue weighted by atomic mass is 10.0. The minimum Gasteiger partial charge on any atom is -0.503 e. The molecule has 0 radical (unpaired) electrons. The summed E-state index contributed by atoms with van der Waals surface area (Å²) in [5, 5.41) is 19.7. The van der Waals surface area contributed by atoms with Crippen LogP contribution in [0.2, 0.25) is 5.02 Å². The smallest absolute Gasteiger partial charge is 0.223 e. The average Bonchev–Trinajstić information content (AvgIpc) is 2.59. The molecule has 0 aliphatic heterocycles. The topological polar surface area (TPSA) is 62.5 Å². The largest absolute Gasteiger partial charge is 0.503 e. The molecule has 3 aromatic rings. The van der Waals surface area contributed by atoms with Gasteiger partial charge in [-0.2, -0.15) is 0 Å². The molecule has 3 rings (SSSR count). The van der Waals surface area contributed by atoms with Gasteiger partial charge < -0.3 is 14.8 Å². The van der Waals surface area contributed by atoms with Crippen LogP contribution in [0.5, 0.6) is 5.75 Å². The first-order valence-electron chi connectivity index (χ1n) is 7.56. The normalized spacial score (nSPS) is 12.2. The summed E-state index contributed by atoms with van der Waals surface area (Å²) in [6.45, 7) is 1.53. The third-order valence-electron chi connectivity index (χ3n) is 3.87. The summed E-state index contributed by atoms with van der Waals surface area (Å²) in [6.07, 6.45) is 0.344. The van der Waals surface area contributed by atoms with Gasteiger partial charge in [0.05, 0.1) is 23.0 Å². The predicted molar refractivity (Wildman–Crippen MR) is 94.7 cm³/mol. The van der Waals surface area contributed by atoms with Crippen LogP contribution in [0.15, 0.2) is 59.5 Å². The second kappa shape index (κ2) is 6.70. The van der Waals surface area contributed by atoms with Gasteiger partial charge in [0, 0.05) is 11.8 Å². The second-order valence-electron chi connectivity index (χ2n) is 5.67. The lowest BCUT2D eigenvalue weighted by Gasteiger charge is -2.17. The maximum Gasteiger partial charge on any atom is 0.223 e. The van der Waals surface area contributed by atoms with Crippen molar-refractivity contribution in [2.24, 2.45) is 0 Å². The molecule has 128 valence electrons. The molecule has 2 N–H and O–H groups in total. The van der Waals surface area contributed by atoms with Crippen LogP contribution in [-0.4, -0.2) is 14.8 Å². The van der Waals surface area contributed by atoms with Gasteiger partial charge in [0.2, 0.25) is 5.43 Å². The van der Waals surface area contributed by atoms with Crippen LogP contribution in [0.3, 0.4) is 0 Å². The Bertz CT molecular complexity index is 998. The zero-order valence-electron chi connectivity index (χ0n) is 13.3. The van der Waals surface area contributed by atoms with Gasteiger partial charge in [0.25, 0.3) is 0 Å². The highest BCUT2D eigenvalue weighted by atomic mass is 35.5. The number of halogens is 2. The fourth-order valence-corrected chi connectivity index (χ4v) is 2.71. The van der Waals surface area contributed by atoms with E-state index in [2.05, 4.69) is 0 Å². The van der Waals surface area contributed by atoms with Gasteiger partial charge in [0.15, 0.2) is 5.75 Å². The zero-order chi connectivity index (χ0) is 18.1. The van der Waals surface area contributed by atoms with E-state index < -0.39 is 23.1 Å². The van der Waals surface area contributed by atoms with Crippen LogP contribution in [0, 0.1) is 5.82 Å². The van der Waals surface area contributed by atoms with Crippen LogP contribution in [0.4, 0.5) is 4.39 Å². The molecule has 0 aliphatic rings. The summed E-state index contributed by atoms with van der Waals surface area (Å²) < 4.78 is 15.2. The summed E-state index contributed by atoms with van der Waals surface area (Å²) in [4.78, 5) is 11.7. The van der Waals surface area contributed by atoms with Gasteiger partial charge in [-0.1, -0.05) is 29.8 Å². The van der Waals surface area contributed by atoms with Crippen molar-refractivity contribution >= 4 is 11.6 Å². The summed E-state index contributed by atoms with van der Waals surface area (Å²) >= 11 is 5.72. The number of hydrogen-bond acceptors (Lipinski definition) is 3. The number of aliphatic hydroxyl groups is 1. The van der Waals surface area contributed by atoms with Crippen LogP contribution in [0.25, 0.3) is 16.8 Å². The van der Waals surface area contributed by atoms with E-state index in [1.165, 1.54) is 35.9 Å². The minimum absolute atomic E-state index is 0.0432. The molecular weight excluding hydrogens is 345 g/mol. The number of aromatic nitrogens is 1. The van der Waals surface area contributed by atoms with Crippen molar-refractivity contribution in [2.75, 3.05) is 0 Å². The number of nitrogens with zero attached hydrogens (tertiary/aromatic N) is 1. The summed E-state index contributed by atoms with van der Waals surface area (Å²) in [5.74, 6) is -0.942. The number of pyridine rings is 1. The van der Waals surface area contributed by atoms with Gasteiger partial charge in [-0.25, -0.2) is 4.39 Å². The van der Waals surface area contributed by atoms with Gasteiger partial charge in [-0.05, 0) is 42.3 Å². The summed E-state index contributed by atoms with van der Waals surface area (Å²) in [6, 6.07) is 12.8. The summed E-state index contributed by atoms with van der Waals surface area (Å²) in [5.41, 5.74) is 1.74. The Balaban J connectivity index is 2.15. The number of hydrogen-bond donors (Lipinski definition) is 2. The third kappa shape index (κ3) is 3.43. The van der Waals surface area contributed by atoms with Gasteiger partial charge in [0.1, 0.15) is 5.82 Å². The Morgan fingerprint density at radius 1 is 1.12 bits per heavy atom. The fourth-order valence-electron chi connectivity index (χ4n) is 2.59. The first-order chi connectivity index (χ1) is 11.9. The first kappa shape index (κ1) is 17.2. The molecule has 0 fully saturated rings. The SMILES string of the molecule is CC(O)c1cc(=O)c(O)cn1-c1cccc(-c2ccc(Cl)c(F)c2)c1. The lowest BCUT2D eigenvalue weighted by Crippen LogP contribution is -2.13. The molecule has 1 heterocycles. The molecule has 1 aromatic heterocycles. The van der Waals surface area contributed by atoms with Crippen molar-refractivity contribution in [3.05, 3.63) is 81.5 Å². The molecule has 25 heavy (non-hydrogen) atoms. The van der Waals surface area contributed by atoms with E-state index in [0.29, 0.717) is 16.9 Å².